The topological polar surface area (TPSA) is 20.3 Å². The van der Waals surface area contributed by atoms with Crippen molar-refractivity contribution >= 4 is 5.91 Å². The van der Waals surface area contributed by atoms with Crippen LogP contribution in [0, 0.1) is 0 Å². The molecular weight excluding hydrogens is 255 g/mol. The Morgan fingerprint density at radius 2 is 1.58 bits per heavy atom. The molecular formula is C14H14F3NO. The summed E-state index contributed by atoms with van der Waals surface area (Å²) in [5.74, 6) is -0.353. The Labute approximate surface area is 109 Å². The smallest absolute Gasteiger partial charge is 0.331 e. The normalized spacial score (nSPS) is 10.9. The minimum atomic E-state index is -4.40. The molecule has 0 spiro atoms. The predicted octanol–water partition coefficient (Wildman–Crippen LogP) is 3.52. The van der Waals surface area contributed by atoms with E-state index in [0.29, 0.717) is 13.1 Å². The lowest BCUT2D eigenvalue weighted by atomic mass is 10.1. The molecule has 0 unspecified atom stereocenters. The van der Waals surface area contributed by atoms with Gasteiger partial charge in [-0.25, -0.2) is 0 Å². The highest BCUT2D eigenvalue weighted by molar-refractivity contribution is 5.94. The zero-order chi connectivity index (χ0) is 14.5. The van der Waals surface area contributed by atoms with Gasteiger partial charge in [-0.1, -0.05) is 12.2 Å². The summed E-state index contributed by atoms with van der Waals surface area (Å²) in [4.78, 5) is 13.5. The van der Waals surface area contributed by atoms with Gasteiger partial charge in [-0.05, 0) is 24.3 Å². The molecule has 5 heteroatoms. The molecule has 1 aromatic rings. The van der Waals surface area contributed by atoms with Crippen LogP contribution in [-0.4, -0.2) is 23.9 Å². The zero-order valence-corrected chi connectivity index (χ0v) is 10.3. The van der Waals surface area contributed by atoms with E-state index >= 15 is 0 Å². The van der Waals surface area contributed by atoms with Crippen LogP contribution in [0.25, 0.3) is 0 Å². The van der Waals surface area contributed by atoms with Gasteiger partial charge in [0.15, 0.2) is 0 Å². The monoisotopic (exact) mass is 269 g/mol. The SMILES string of the molecule is C=CCN(CC=C)C(=O)c1ccc(C(F)(F)F)cc1. The molecule has 0 saturated carbocycles. The number of rotatable bonds is 5. The van der Waals surface area contributed by atoms with Gasteiger partial charge in [-0.15, -0.1) is 13.2 Å². The van der Waals surface area contributed by atoms with Gasteiger partial charge in [0.2, 0.25) is 0 Å². The van der Waals surface area contributed by atoms with Crippen molar-refractivity contribution in [3.63, 3.8) is 0 Å². The van der Waals surface area contributed by atoms with E-state index in [4.69, 9.17) is 0 Å². The minimum absolute atomic E-state index is 0.205. The van der Waals surface area contributed by atoms with Crippen molar-refractivity contribution < 1.29 is 18.0 Å². The fraction of sp³-hybridized carbons (Fsp3) is 0.214. The molecule has 0 atom stereocenters. The largest absolute Gasteiger partial charge is 0.416 e. The maximum atomic E-state index is 12.4. The van der Waals surface area contributed by atoms with Gasteiger partial charge in [0.05, 0.1) is 5.56 Å². The molecule has 0 N–H and O–H groups in total. The van der Waals surface area contributed by atoms with E-state index in [1.807, 2.05) is 0 Å². The average Bonchev–Trinajstić information content (AvgIpc) is 2.37. The molecule has 0 bridgehead atoms. The first-order valence-electron chi connectivity index (χ1n) is 5.58. The Bertz CT molecular complexity index is 453. The Balaban J connectivity index is 2.93. The lowest BCUT2D eigenvalue weighted by Crippen LogP contribution is -2.31. The van der Waals surface area contributed by atoms with Crippen LogP contribution in [0.15, 0.2) is 49.6 Å². The van der Waals surface area contributed by atoms with Crippen molar-refractivity contribution in [1.82, 2.24) is 4.90 Å². The first-order valence-corrected chi connectivity index (χ1v) is 5.58. The molecule has 0 aliphatic carbocycles. The summed E-state index contributed by atoms with van der Waals surface area (Å²) in [6.07, 6.45) is -1.31. The number of halogens is 3. The molecule has 0 radical (unpaired) electrons. The number of hydrogen-bond acceptors (Lipinski definition) is 1. The molecule has 0 fully saturated rings. The molecule has 0 aliphatic rings. The molecule has 102 valence electrons. The van der Waals surface area contributed by atoms with Crippen LogP contribution in [0.3, 0.4) is 0 Å². The summed E-state index contributed by atoms with van der Waals surface area (Å²) in [7, 11) is 0. The van der Waals surface area contributed by atoms with Crippen LogP contribution in [0.1, 0.15) is 15.9 Å². The molecule has 0 saturated heterocycles. The van der Waals surface area contributed by atoms with Crippen LogP contribution < -0.4 is 0 Å². The maximum Gasteiger partial charge on any atom is 0.416 e. The molecule has 1 aromatic carbocycles. The molecule has 0 aromatic heterocycles. The van der Waals surface area contributed by atoms with E-state index in [2.05, 4.69) is 13.2 Å². The number of hydrogen-bond donors (Lipinski definition) is 0. The summed E-state index contributed by atoms with van der Waals surface area (Å²) < 4.78 is 37.2. The predicted molar refractivity (Wildman–Crippen MR) is 67.7 cm³/mol. The zero-order valence-electron chi connectivity index (χ0n) is 10.3. The van der Waals surface area contributed by atoms with Crippen molar-refractivity contribution in [1.29, 1.82) is 0 Å². The fourth-order valence-corrected chi connectivity index (χ4v) is 1.54. The van der Waals surface area contributed by atoms with E-state index in [9.17, 15) is 18.0 Å². The number of benzene rings is 1. The summed E-state index contributed by atoms with van der Waals surface area (Å²) in [5.41, 5.74) is -0.570. The molecule has 1 amide bonds. The Hall–Kier alpha value is -2.04. The fourth-order valence-electron chi connectivity index (χ4n) is 1.54. The van der Waals surface area contributed by atoms with Crippen molar-refractivity contribution in [2.75, 3.05) is 13.1 Å². The first kappa shape index (κ1) is 15.0. The van der Waals surface area contributed by atoms with E-state index in [1.165, 1.54) is 17.0 Å². The third-order valence-corrected chi connectivity index (χ3v) is 2.45. The van der Waals surface area contributed by atoms with Crippen LogP contribution in [-0.2, 0) is 6.18 Å². The highest BCUT2D eigenvalue weighted by Crippen LogP contribution is 2.29. The lowest BCUT2D eigenvalue weighted by molar-refractivity contribution is -0.137. The highest BCUT2D eigenvalue weighted by atomic mass is 19.4. The number of carbonyl (C=O) groups excluding carboxylic acids is 1. The molecule has 19 heavy (non-hydrogen) atoms. The summed E-state index contributed by atoms with van der Waals surface area (Å²) >= 11 is 0. The van der Waals surface area contributed by atoms with E-state index in [0.717, 1.165) is 12.1 Å². The van der Waals surface area contributed by atoms with Gasteiger partial charge in [-0.2, -0.15) is 13.2 Å². The van der Waals surface area contributed by atoms with Gasteiger partial charge in [0, 0.05) is 18.7 Å². The van der Waals surface area contributed by atoms with Gasteiger partial charge in [-0.3, -0.25) is 4.79 Å². The summed E-state index contributed by atoms with van der Waals surface area (Å²) in [6, 6.07) is 4.13. The van der Waals surface area contributed by atoms with Crippen molar-refractivity contribution in [3.05, 3.63) is 60.7 Å². The van der Waals surface area contributed by atoms with Gasteiger partial charge in [0.1, 0.15) is 0 Å². The maximum absolute atomic E-state index is 12.4. The quantitative estimate of drug-likeness (QED) is 0.749. The first-order chi connectivity index (χ1) is 8.90. The second-order valence-electron chi connectivity index (χ2n) is 3.86. The Morgan fingerprint density at radius 3 is 1.95 bits per heavy atom. The Morgan fingerprint density at radius 1 is 1.11 bits per heavy atom. The van der Waals surface area contributed by atoms with Crippen LogP contribution >= 0.6 is 0 Å². The second-order valence-corrected chi connectivity index (χ2v) is 3.86. The van der Waals surface area contributed by atoms with E-state index < -0.39 is 11.7 Å². The standard InChI is InChI=1S/C14H14F3NO/c1-3-9-18(10-4-2)13(19)11-5-7-12(8-6-11)14(15,16)17/h3-8H,1-2,9-10H2. The number of nitrogens with zero attached hydrogens (tertiary/aromatic N) is 1. The third kappa shape index (κ3) is 3.98. The molecule has 2 nitrogen and oxygen atoms in total. The number of alkyl halides is 3. The van der Waals surface area contributed by atoms with Gasteiger partial charge in [0.25, 0.3) is 5.91 Å². The van der Waals surface area contributed by atoms with Crippen molar-refractivity contribution in [2.24, 2.45) is 0 Å². The Kier molecular flexibility index (Phi) is 4.92. The van der Waals surface area contributed by atoms with Crippen LogP contribution in [0.5, 0.6) is 0 Å². The third-order valence-electron chi connectivity index (χ3n) is 2.45. The second kappa shape index (κ2) is 6.22. The van der Waals surface area contributed by atoms with Crippen molar-refractivity contribution in [3.8, 4) is 0 Å². The van der Waals surface area contributed by atoms with E-state index in [1.54, 1.807) is 12.2 Å². The lowest BCUT2D eigenvalue weighted by Gasteiger charge is -2.19. The summed E-state index contributed by atoms with van der Waals surface area (Å²) in [5, 5.41) is 0. The van der Waals surface area contributed by atoms with Crippen molar-refractivity contribution in [2.45, 2.75) is 6.18 Å². The average molecular weight is 269 g/mol. The number of amides is 1. The highest BCUT2D eigenvalue weighted by Gasteiger charge is 2.30. The summed E-state index contributed by atoms with van der Waals surface area (Å²) in [6.45, 7) is 7.68. The van der Waals surface area contributed by atoms with E-state index in [-0.39, 0.29) is 11.5 Å². The van der Waals surface area contributed by atoms with Crippen LogP contribution in [0.4, 0.5) is 13.2 Å². The number of carbonyl (C=O) groups is 1. The van der Waals surface area contributed by atoms with Crippen LogP contribution in [0.2, 0.25) is 0 Å². The molecule has 1 rings (SSSR count). The molecule has 0 heterocycles. The minimum Gasteiger partial charge on any atom is -0.331 e. The molecule has 0 aliphatic heterocycles. The van der Waals surface area contributed by atoms with Gasteiger partial charge >= 0.3 is 6.18 Å². The van der Waals surface area contributed by atoms with Gasteiger partial charge < -0.3 is 4.90 Å².